The predicted octanol–water partition coefficient (Wildman–Crippen LogP) is 2.21. The van der Waals surface area contributed by atoms with E-state index in [4.69, 9.17) is 9.84 Å². The molecule has 3 heterocycles. The molecule has 1 amide bonds. The smallest absolute Gasteiger partial charge is 0.258 e. The van der Waals surface area contributed by atoms with Crippen LogP contribution in [0.4, 0.5) is 17.3 Å². The molecule has 0 bridgehead atoms. The molecular weight excluding hydrogens is 494 g/mol. The number of hydrogen-bond acceptors (Lipinski definition) is 8. The standard InChI is InChI=1S/C26H35N5O5S/c1-19-18-31(14-16-36-19)24-4-2-3-23(28-24)29-25(33)21-6-5-20(37(34,35)27-11-15-32)17-22(21)30-12-9-26(7-8-26)10-13-30/h2-6,17,19,27,32H,7-16,18H2,1H3,(H,28,29,33)/t19-/m1/s1. The van der Waals surface area contributed by atoms with Crippen LogP contribution in [0, 0.1) is 5.41 Å². The zero-order valence-electron chi connectivity index (χ0n) is 21.1. The Morgan fingerprint density at radius 1 is 1.14 bits per heavy atom. The Hall–Kier alpha value is -2.73. The molecule has 0 radical (unpaired) electrons. The number of carbonyl (C=O) groups is 1. The van der Waals surface area contributed by atoms with Crippen LogP contribution in [0.5, 0.6) is 0 Å². The lowest BCUT2D eigenvalue weighted by Crippen LogP contribution is -2.41. The van der Waals surface area contributed by atoms with Crippen molar-refractivity contribution in [1.29, 1.82) is 0 Å². The quantitative estimate of drug-likeness (QED) is 0.476. The molecule has 1 aliphatic carbocycles. The largest absolute Gasteiger partial charge is 0.395 e. The van der Waals surface area contributed by atoms with Crippen molar-refractivity contribution in [3.8, 4) is 0 Å². The molecule has 10 nitrogen and oxygen atoms in total. The molecule has 2 saturated heterocycles. The van der Waals surface area contributed by atoms with Gasteiger partial charge in [0.2, 0.25) is 10.0 Å². The fourth-order valence-corrected chi connectivity index (χ4v) is 6.21. The summed E-state index contributed by atoms with van der Waals surface area (Å²) in [7, 11) is -3.81. The van der Waals surface area contributed by atoms with Gasteiger partial charge in [0.05, 0.1) is 35.5 Å². The lowest BCUT2D eigenvalue weighted by molar-refractivity contribution is 0.0529. The number of carbonyl (C=O) groups excluding carboxylic acids is 1. The normalized spacial score (nSPS) is 21.2. The second kappa shape index (κ2) is 10.6. The molecule has 37 heavy (non-hydrogen) atoms. The fourth-order valence-electron chi connectivity index (χ4n) is 5.17. The lowest BCUT2D eigenvalue weighted by Gasteiger charge is -2.35. The summed E-state index contributed by atoms with van der Waals surface area (Å²) in [6.45, 7) is 5.29. The summed E-state index contributed by atoms with van der Waals surface area (Å²) in [5.41, 5.74) is 1.44. The first-order valence-electron chi connectivity index (χ1n) is 12.9. The van der Waals surface area contributed by atoms with Crippen molar-refractivity contribution in [3.05, 3.63) is 42.0 Å². The van der Waals surface area contributed by atoms with Gasteiger partial charge in [0, 0.05) is 32.7 Å². The maximum atomic E-state index is 13.5. The van der Waals surface area contributed by atoms with Crippen molar-refractivity contribution < 1.29 is 23.1 Å². The predicted molar refractivity (Wildman–Crippen MR) is 142 cm³/mol. The van der Waals surface area contributed by atoms with E-state index < -0.39 is 10.0 Å². The van der Waals surface area contributed by atoms with Gasteiger partial charge in [-0.25, -0.2) is 18.1 Å². The number of ether oxygens (including phenoxy) is 1. The van der Waals surface area contributed by atoms with E-state index in [1.54, 1.807) is 18.2 Å². The highest BCUT2D eigenvalue weighted by molar-refractivity contribution is 7.89. The van der Waals surface area contributed by atoms with Gasteiger partial charge in [-0.2, -0.15) is 0 Å². The molecule has 1 atom stereocenters. The van der Waals surface area contributed by atoms with Crippen LogP contribution in [0.3, 0.4) is 0 Å². The van der Waals surface area contributed by atoms with E-state index in [0.29, 0.717) is 29.1 Å². The van der Waals surface area contributed by atoms with Gasteiger partial charge in [-0.3, -0.25) is 4.79 Å². The molecule has 3 fully saturated rings. The maximum Gasteiger partial charge on any atom is 0.258 e. The number of hydrogen-bond donors (Lipinski definition) is 3. The first kappa shape index (κ1) is 25.9. The summed E-state index contributed by atoms with van der Waals surface area (Å²) in [4.78, 5) is 22.5. The second-order valence-corrected chi connectivity index (χ2v) is 12.0. The van der Waals surface area contributed by atoms with Gasteiger partial charge >= 0.3 is 0 Å². The zero-order chi connectivity index (χ0) is 26.0. The summed E-state index contributed by atoms with van der Waals surface area (Å²) in [6, 6.07) is 10.1. The fraction of sp³-hybridized carbons (Fsp3) is 0.538. The molecule has 1 spiro atoms. The van der Waals surface area contributed by atoms with E-state index in [9.17, 15) is 13.2 Å². The van der Waals surface area contributed by atoms with Gasteiger partial charge < -0.3 is 25.0 Å². The van der Waals surface area contributed by atoms with Gasteiger partial charge in [-0.05, 0) is 68.4 Å². The summed E-state index contributed by atoms with van der Waals surface area (Å²) < 4.78 is 33.5. The topological polar surface area (TPSA) is 124 Å². The first-order chi connectivity index (χ1) is 17.8. The average molecular weight is 530 g/mol. The number of aliphatic hydroxyl groups excluding tert-OH is 1. The second-order valence-electron chi connectivity index (χ2n) is 10.2. The van der Waals surface area contributed by atoms with Crippen molar-refractivity contribution >= 4 is 33.3 Å². The number of benzene rings is 1. The number of sulfonamides is 1. The van der Waals surface area contributed by atoms with Gasteiger partial charge in [0.25, 0.3) is 5.91 Å². The Labute approximate surface area is 218 Å². The van der Waals surface area contributed by atoms with E-state index in [1.165, 1.54) is 18.9 Å². The molecule has 3 N–H and O–H groups in total. The molecule has 200 valence electrons. The average Bonchev–Trinajstić information content (AvgIpc) is 3.66. The van der Waals surface area contributed by atoms with Crippen LogP contribution in [0.25, 0.3) is 0 Å². The summed E-state index contributed by atoms with van der Waals surface area (Å²) >= 11 is 0. The third-order valence-electron chi connectivity index (χ3n) is 7.59. The lowest BCUT2D eigenvalue weighted by atomic mass is 9.93. The van der Waals surface area contributed by atoms with Crippen molar-refractivity contribution in [2.45, 2.75) is 43.6 Å². The molecule has 1 aromatic heterocycles. The van der Waals surface area contributed by atoms with E-state index in [1.807, 2.05) is 19.1 Å². The molecule has 3 aliphatic rings. The van der Waals surface area contributed by atoms with E-state index in [0.717, 1.165) is 44.8 Å². The van der Waals surface area contributed by atoms with E-state index >= 15 is 0 Å². The van der Waals surface area contributed by atoms with E-state index in [2.05, 4.69) is 24.8 Å². The first-order valence-corrected chi connectivity index (χ1v) is 14.4. The Kier molecular flexibility index (Phi) is 7.39. The molecule has 5 rings (SSSR count). The van der Waals surface area contributed by atoms with Crippen LogP contribution in [0.15, 0.2) is 41.3 Å². The number of aliphatic hydroxyl groups is 1. The van der Waals surface area contributed by atoms with E-state index in [-0.39, 0.29) is 30.1 Å². The van der Waals surface area contributed by atoms with Crippen LogP contribution in [-0.4, -0.2) is 76.5 Å². The van der Waals surface area contributed by atoms with Crippen molar-refractivity contribution in [3.63, 3.8) is 0 Å². The van der Waals surface area contributed by atoms with Crippen molar-refractivity contribution in [1.82, 2.24) is 9.71 Å². The minimum absolute atomic E-state index is 0.0702. The molecule has 2 aromatic rings. The van der Waals surface area contributed by atoms with Gasteiger partial charge in [-0.15, -0.1) is 0 Å². The molecule has 11 heteroatoms. The van der Waals surface area contributed by atoms with Crippen LogP contribution in [-0.2, 0) is 14.8 Å². The third-order valence-corrected chi connectivity index (χ3v) is 9.05. The van der Waals surface area contributed by atoms with Gasteiger partial charge in [-0.1, -0.05) is 6.07 Å². The highest BCUT2D eigenvalue weighted by Gasteiger charge is 2.44. The number of rotatable bonds is 8. The molecule has 0 unspecified atom stereocenters. The zero-order valence-corrected chi connectivity index (χ0v) is 22.0. The van der Waals surface area contributed by atoms with Crippen LogP contribution < -0.4 is 19.8 Å². The number of aromatic nitrogens is 1. The molecular formula is C26H35N5O5S. The summed E-state index contributed by atoms with van der Waals surface area (Å²) in [5, 5.41) is 12.0. The Morgan fingerprint density at radius 3 is 2.62 bits per heavy atom. The highest BCUT2D eigenvalue weighted by atomic mass is 32.2. The van der Waals surface area contributed by atoms with Crippen molar-refractivity contribution in [2.75, 3.05) is 61.1 Å². The number of nitrogens with zero attached hydrogens (tertiary/aromatic N) is 3. The number of pyridine rings is 1. The van der Waals surface area contributed by atoms with Gasteiger partial charge in [0.1, 0.15) is 11.6 Å². The summed E-state index contributed by atoms with van der Waals surface area (Å²) in [5.74, 6) is 0.869. The Balaban J connectivity index is 1.40. The van der Waals surface area contributed by atoms with Crippen LogP contribution in [0.1, 0.15) is 43.0 Å². The SMILES string of the molecule is C[C@@H]1CN(c2cccc(NC(=O)c3ccc(S(=O)(=O)NCCO)cc3N3CCC4(CC3)CC4)n2)CCO1. The number of morpholine rings is 1. The highest BCUT2D eigenvalue weighted by Crippen LogP contribution is 2.54. The van der Waals surface area contributed by atoms with Crippen LogP contribution >= 0.6 is 0 Å². The minimum Gasteiger partial charge on any atom is -0.395 e. The maximum absolute atomic E-state index is 13.5. The van der Waals surface area contributed by atoms with Crippen molar-refractivity contribution in [2.24, 2.45) is 5.41 Å². The number of amides is 1. The minimum atomic E-state index is -3.81. The number of nitrogens with one attached hydrogen (secondary N) is 2. The molecule has 2 aliphatic heterocycles. The third kappa shape index (κ3) is 5.90. The Bertz CT molecular complexity index is 1240. The number of anilines is 3. The monoisotopic (exact) mass is 529 g/mol. The summed E-state index contributed by atoms with van der Waals surface area (Å²) in [6.07, 6.45) is 4.68. The van der Waals surface area contributed by atoms with Gasteiger partial charge in [0.15, 0.2) is 0 Å². The number of piperidine rings is 1. The molecule has 1 saturated carbocycles. The molecule has 1 aromatic carbocycles. The Morgan fingerprint density at radius 2 is 1.92 bits per heavy atom. The van der Waals surface area contributed by atoms with Crippen LogP contribution in [0.2, 0.25) is 0 Å².